The van der Waals surface area contributed by atoms with Crippen LogP contribution in [0.4, 0.5) is 0 Å². The van der Waals surface area contributed by atoms with Gasteiger partial charge in [-0.05, 0) is 14.0 Å². The van der Waals surface area contributed by atoms with Crippen LogP contribution in [0.1, 0.15) is 6.92 Å². The Bertz CT molecular complexity index is 139. The number of carbonyl (C=O) groups excluding carboxylic acids is 1. The highest BCUT2D eigenvalue weighted by molar-refractivity contribution is 5.77. The van der Waals surface area contributed by atoms with Crippen LogP contribution in [0.15, 0.2) is 0 Å². The highest BCUT2D eigenvalue weighted by atomic mass is 16.2. The van der Waals surface area contributed by atoms with E-state index in [1.165, 1.54) is 0 Å². The van der Waals surface area contributed by atoms with E-state index in [4.69, 9.17) is 0 Å². The summed E-state index contributed by atoms with van der Waals surface area (Å²) in [4.78, 5) is 15.2. The van der Waals surface area contributed by atoms with Crippen LogP contribution < -0.4 is 0 Å². The van der Waals surface area contributed by atoms with E-state index in [0.29, 0.717) is 6.54 Å². The predicted octanol–water partition coefficient (Wildman–Crippen LogP) is -0.177. The van der Waals surface area contributed by atoms with Crippen LogP contribution in [0.5, 0.6) is 0 Å². The smallest absolute Gasteiger partial charge is 0.143 e. The molecule has 64 valence electrons. The van der Waals surface area contributed by atoms with Crippen molar-refractivity contribution in [3.63, 3.8) is 0 Å². The third kappa shape index (κ3) is 2.99. The Morgan fingerprint density at radius 2 is 1.82 bits per heavy atom. The van der Waals surface area contributed by atoms with Crippen molar-refractivity contribution in [1.29, 1.82) is 0 Å². The first-order valence-corrected chi connectivity index (χ1v) is 4.09. The average Bonchev–Trinajstić information content (AvgIpc) is 1.93. The van der Waals surface area contributed by atoms with Gasteiger partial charge < -0.3 is 4.90 Å². The van der Waals surface area contributed by atoms with Gasteiger partial charge in [0.2, 0.25) is 0 Å². The van der Waals surface area contributed by atoms with E-state index in [0.717, 1.165) is 26.2 Å². The molecular formula is C8H16N2O. The maximum Gasteiger partial charge on any atom is 0.143 e. The Hall–Kier alpha value is -0.410. The molecule has 0 aliphatic carbocycles. The lowest BCUT2D eigenvalue weighted by Crippen LogP contribution is -2.45. The maximum absolute atomic E-state index is 10.7. The summed E-state index contributed by atoms with van der Waals surface area (Å²) in [7, 11) is 2.12. The third-order valence-electron chi connectivity index (χ3n) is 2.04. The van der Waals surface area contributed by atoms with Gasteiger partial charge in [-0.1, -0.05) is 0 Å². The summed E-state index contributed by atoms with van der Waals surface area (Å²) in [6.45, 7) is 6.54. The second-order valence-electron chi connectivity index (χ2n) is 3.28. The van der Waals surface area contributed by atoms with Crippen LogP contribution in [-0.4, -0.2) is 55.4 Å². The summed E-state index contributed by atoms with van der Waals surface area (Å²) in [5.74, 6) is 0.273. The summed E-state index contributed by atoms with van der Waals surface area (Å²) >= 11 is 0. The van der Waals surface area contributed by atoms with E-state index in [1.807, 2.05) is 0 Å². The van der Waals surface area contributed by atoms with E-state index < -0.39 is 0 Å². The number of nitrogens with zero attached hydrogens (tertiary/aromatic N) is 2. The predicted molar refractivity (Wildman–Crippen MR) is 44.6 cm³/mol. The van der Waals surface area contributed by atoms with Crippen molar-refractivity contribution in [1.82, 2.24) is 9.80 Å². The standard InChI is InChI=1S/C8H16N2O/c1-8(11)7-10-5-3-9(2)4-6-10/h3-7H2,1-2H3/i3+1,5+1,8+1,10+1. The molecule has 0 radical (unpaired) electrons. The molecule has 0 amide bonds. The second kappa shape index (κ2) is 3.83. The van der Waals surface area contributed by atoms with Gasteiger partial charge in [-0.25, -0.2) is 0 Å². The van der Waals surface area contributed by atoms with Crippen molar-refractivity contribution >= 4 is 5.78 Å². The van der Waals surface area contributed by atoms with Crippen LogP contribution in [0.25, 0.3) is 0 Å². The van der Waals surface area contributed by atoms with Crippen LogP contribution in [0.2, 0.25) is 0 Å². The van der Waals surface area contributed by atoms with Crippen molar-refractivity contribution < 1.29 is 4.79 Å². The number of piperazine rings is 1. The Morgan fingerprint density at radius 1 is 1.27 bits per heavy atom. The van der Waals surface area contributed by atoms with E-state index >= 15 is 0 Å². The Labute approximate surface area is 68.0 Å². The van der Waals surface area contributed by atoms with E-state index in [-0.39, 0.29) is 5.78 Å². The molecule has 1 aliphatic heterocycles. The zero-order chi connectivity index (χ0) is 8.27. The fourth-order valence-corrected chi connectivity index (χ4v) is 1.32. The minimum atomic E-state index is 0.273. The van der Waals surface area contributed by atoms with Crippen LogP contribution in [0.3, 0.4) is 0 Å². The van der Waals surface area contributed by atoms with Gasteiger partial charge >= 0.3 is 0 Å². The molecule has 3 heteroatoms. The summed E-state index contributed by atoms with van der Waals surface area (Å²) < 4.78 is 0. The van der Waals surface area contributed by atoms with Crippen LogP contribution in [0, 0.1) is 0 Å². The van der Waals surface area contributed by atoms with Gasteiger partial charge in [0, 0.05) is 26.2 Å². The summed E-state index contributed by atoms with van der Waals surface area (Å²) in [6, 6.07) is 0. The normalized spacial score (nSPS) is 22.0. The zero-order valence-corrected chi connectivity index (χ0v) is 7.34. The molecule has 1 saturated heterocycles. The van der Waals surface area contributed by atoms with Crippen molar-refractivity contribution in [2.24, 2.45) is 0 Å². The monoisotopic (exact) mass is 160 g/mol. The minimum absolute atomic E-state index is 0.273. The molecule has 1 heterocycles. The van der Waals surface area contributed by atoms with Crippen molar-refractivity contribution in [3.8, 4) is 0 Å². The zero-order valence-electron chi connectivity index (χ0n) is 7.34. The number of hydrogen-bond acceptors (Lipinski definition) is 3. The van der Waals surface area contributed by atoms with Gasteiger partial charge in [-0.15, -0.1) is 0 Å². The fraction of sp³-hybridized carbons (Fsp3) is 0.875. The Kier molecular flexibility index (Phi) is 3.02. The molecule has 1 aliphatic rings. The molecule has 0 N–H and O–H groups in total. The van der Waals surface area contributed by atoms with E-state index in [9.17, 15) is 4.79 Å². The molecule has 0 aromatic carbocycles. The topological polar surface area (TPSA) is 23.6 Å². The molecule has 1 fully saturated rings. The van der Waals surface area contributed by atoms with Crippen LogP contribution >= 0.6 is 0 Å². The first-order valence-electron chi connectivity index (χ1n) is 4.09. The molecule has 0 atom stereocenters. The Morgan fingerprint density at radius 3 is 2.27 bits per heavy atom. The van der Waals surface area contributed by atoms with Gasteiger partial charge in [0.15, 0.2) is 0 Å². The van der Waals surface area contributed by atoms with Gasteiger partial charge in [-0.2, -0.15) is 0 Å². The molecule has 0 spiro atoms. The average molecular weight is 160 g/mol. The number of rotatable bonds is 2. The fourth-order valence-electron chi connectivity index (χ4n) is 1.32. The van der Waals surface area contributed by atoms with Gasteiger partial charge in [0.25, 0.3) is 0 Å². The first-order chi connectivity index (χ1) is 5.18. The van der Waals surface area contributed by atoms with Crippen molar-refractivity contribution in [2.45, 2.75) is 6.92 Å². The van der Waals surface area contributed by atoms with Crippen molar-refractivity contribution in [3.05, 3.63) is 0 Å². The van der Waals surface area contributed by atoms with Crippen LogP contribution in [-0.2, 0) is 4.79 Å². The largest absolute Gasteiger partial charge is 0.304 e. The molecule has 0 aromatic rings. The lowest BCUT2D eigenvalue weighted by atomic mass is 10.6. The SMILES string of the molecule is C[13C](=O)C[15N]1CCN(C)[13CH2][13CH2]1. The highest BCUT2D eigenvalue weighted by Crippen LogP contribution is 1.97. The molecule has 0 unspecified atom stereocenters. The summed E-state index contributed by atoms with van der Waals surface area (Å²) in [5.41, 5.74) is 0. The van der Waals surface area contributed by atoms with E-state index in [2.05, 4.69) is 16.8 Å². The van der Waals surface area contributed by atoms with Crippen molar-refractivity contribution in [2.75, 3.05) is 39.8 Å². The number of likely N-dealkylation sites (N-methyl/N-ethyl adjacent to an activating group) is 1. The third-order valence-corrected chi connectivity index (χ3v) is 2.04. The lowest BCUT2D eigenvalue weighted by Gasteiger charge is -2.31. The molecule has 1 rings (SSSR count). The van der Waals surface area contributed by atoms with E-state index in [1.54, 1.807) is 6.92 Å². The van der Waals surface area contributed by atoms with Gasteiger partial charge in [0.05, 0.1) is 6.54 Å². The summed E-state index contributed by atoms with van der Waals surface area (Å²) in [5, 5.41) is 0. The summed E-state index contributed by atoms with van der Waals surface area (Å²) in [6.07, 6.45) is 0. The van der Waals surface area contributed by atoms with Gasteiger partial charge in [-0.3, -0.25) is 9.69 Å². The molecule has 0 aromatic heterocycles. The molecule has 3 nitrogen and oxygen atoms in total. The molecular weight excluding hydrogens is 144 g/mol. The number of hydrogen-bond donors (Lipinski definition) is 0. The molecule has 0 saturated carbocycles. The highest BCUT2D eigenvalue weighted by Gasteiger charge is 2.13. The molecule has 11 heavy (non-hydrogen) atoms. The Balaban J connectivity index is 2.22. The first kappa shape index (κ1) is 8.68. The number of Topliss-reactive ketones (excluding diaryl/α,β-unsaturated/α-hetero) is 1. The lowest BCUT2D eigenvalue weighted by molar-refractivity contribution is -0.118. The number of ketones is 1. The van der Waals surface area contributed by atoms with Gasteiger partial charge in [0.1, 0.15) is 5.78 Å². The molecule has 0 bridgehead atoms. The second-order valence-corrected chi connectivity index (χ2v) is 3.28. The minimum Gasteiger partial charge on any atom is -0.304 e. The quantitative estimate of drug-likeness (QED) is 0.413. The number of carbonyl (C=O) groups is 1. The maximum atomic E-state index is 10.7.